The lowest BCUT2D eigenvalue weighted by molar-refractivity contribution is -0.0971. The number of fused-ring (bicyclic) bond motifs is 4. The van der Waals surface area contributed by atoms with E-state index in [1.54, 1.807) is 12.3 Å². The Kier molecular flexibility index (Phi) is 3.39. The number of halogens is 2. The molecular weight excluding hydrogens is 370 g/mol. The molecule has 1 fully saturated rings. The quantitative estimate of drug-likeness (QED) is 0.686. The number of pyridine rings is 1. The van der Waals surface area contributed by atoms with Crippen molar-refractivity contribution in [1.29, 1.82) is 0 Å². The van der Waals surface area contributed by atoms with Gasteiger partial charge in [0.2, 0.25) is 0 Å². The first-order valence-corrected chi connectivity index (χ1v) is 8.04. The molecule has 4 rings (SSSR count). The first kappa shape index (κ1) is 14.4. The van der Waals surface area contributed by atoms with Crippen LogP contribution in [-0.4, -0.2) is 24.3 Å². The van der Waals surface area contributed by atoms with Gasteiger partial charge in [0.05, 0.1) is 6.20 Å². The van der Waals surface area contributed by atoms with Crippen molar-refractivity contribution in [3.05, 3.63) is 51.2 Å². The summed E-state index contributed by atoms with van der Waals surface area (Å²) in [6.45, 7) is 1.18. The molecule has 1 saturated heterocycles. The van der Waals surface area contributed by atoms with Gasteiger partial charge < -0.3 is 20.5 Å². The molecule has 1 spiro atoms. The zero-order valence-electron chi connectivity index (χ0n) is 11.5. The topological polar surface area (TPSA) is 69.4 Å². The van der Waals surface area contributed by atoms with E-state index in [0.717, 1.165) is 21.3 Å². The molecule has 1 aromatic carbocycles. The summed E-state index contributed by atoms with van der Waals surface area (Å²) in [4.78, 5) is 4.10. The van der Waals surface area contributed by atoms with Gasteiger partial charge in [0, 0.05) is 28.7 Å². The second kappa shape index (κ2) is 5.18. The van der Waals surface area contributed by atoms with Crippen LogP contribution in [0.2, 0.25) is 5.15 Å². The monoisotopic (exact) mass is 381 g/mol. The predicted molar refractivity (Wildman–Crippen MR) is 86.2 cm³/mol. The number of rotatable bonds is 0. The molecule has 3 N–H and O–H groups in total. The third kappa shape index (κ3) is 2.14. The lowest BCUT2D eigenvalue weighted by Crippen LogP contribution is -2.56. The molecule has 2 atom stereocenters. The van der Waals surface area contributed by atoms with E-state index in [4.69, 9.17) is 26.8 Å². The number of nitrogens with one attached hydrogen (secondary N) is 1. The van der Waals surface area contributed by atoms with E-state index in [2.05, 4.69) is 26.2 Å². The van der Waals surface area contributed by atoms with E-state index in [-0.39, 0.29) is 0 Å². The molecule has 0 saturated carbocycles. The fourth-order valence-corrected chi connectivity index (χ4v) is 3.55. The highest BCUT2D eigenvalue weighted by atomic mass is 79.9. The Balaban J connectivity index is 1.99. The summed E-state index contributed by atoms with van der Waals surface area (Å²) in [6, 6.07) is 7.60. The summed E-state index contributed by atoms with van der Waals surface area (Å²) in [7, 11) is 0. The van der Waals surface area contributed by atoms with Crippen molar-refractivity contribution in [3.63, 3.8) is 0 Å². The van der Waals surface area contributed by atoms with E-state index in [1.807, 2.05) is 18.2 Å². The van der Waals surface area contributed by atoms with Crippen LogP contribution in [0.3, 0.4) is 0 Å². The first-order valence-electron chi connectivity index (χ1n) is 6.86. The maximum Gasteiger partial charge on any atom is 0.152 e. The summed E-state index contributed by atoms with van der Waals surface area (Å²) < 4.78 is 13.1. The van der Waals surface area contributed by atoms with E-state index in [1.165, 1.54) is 0 Å². The average Bonchev–Trinajstić information content (AvgIpc) is 2.49. The highest BCUT2D eigenvalue weighted by Gasteiger charge is 2.46. The van der Waals surface area contributed by atoms with E-state index in [0.29, 0.717) is 24.0 Å². The SMILES string of the molecule is N[C@@H]1CNCC2(O1)c1cc(Br)ccc1Oc1cnc(Cl)cc12. The van der Waals surface area contributed by atoms with Gasteiger partial charge in [0.1, 0.15) is 22.7 Å². The van der Waals surface area contributed by atoms with E-state index >= 15 is 0 Å². The molecule has 0 aliphatic carbocycles. The number of hydrogen-bond donors (Lipinski definition) is 2. The van der Waals surface area contributed by atoms with Crippen LogP contribution in [0, 0.1) is 0 Å². The van der Waals surface area contributed by atoms with Crippen LogP contribution >= 0.6 is 27.5 Å². The van der Waals surface area contributed by atoms with Gasteiger partial charge in [0.15, 0.2) is 5.75 Å². The summed E-state index contributed by atoms with van der Waals surface area (Å²) in [5.41, 5.74) is 7.06. The maximum absolute atomic E-state index is 6.21. The molecule has 1 aromatic heterocycles. The summed E-state index contributed by atoms with van der Waals surface area (Å²) in [6.07, 6.45) is 1.20. The number of nitrogens with zero attached hydrogens (tertiary/aromatic N) is 1. The van der Waals surface area contributed by atoms with Crippen LogP contribution in [0.1, 0.15) is 11.1 Å². The fraction of sp³-hybridized carbons (Fsp3) is 0.267. The number of ether oxygens (including phenoxy) is 2. The van der Waals surface area contributed by atoms with Gasteiger partial charge >= 0.3 is 0 Å². The third-order valence-corrected chi connectivity index (χ3v) is 4.64. The predicted octanol–water partition coefficient (Wildman–Crippen LogP) is 2.75. The Morgan fingerprint density at radius 3 is 2.95 bits per heavy atom. The Morgan fingerprint density at radius 2 is 2.14 bits per heavy atom. The Bertz CT molecular complexity index is 704. The molecule has 3 heterocycles. The van der Waals surface area contributed by atoms with Crippen molar-refractivity contribution in [1.82, 2.24) is 10.3 Å². The maximum atomic E-state index is 6.21. The second-order valence-electron chi connectivity index (χ2n) is 5.36. The van der Waals surface area contributed by atoms with Gasteiger partial charge in [-0.15, -0.1) is 0 Å². The zero-order valence-corrected chi connectivity index (χ0v) is 13.8. The normalized spacial score (nSPS) is 26.2. The summed E-state index contributed by atoms with van der Waals surface area (Å²) in [5.74, 6) is 1.37. The minimum atomic E-state index is -0.739. The van der Waals surface area contributed by atoms with Crippen molar-refractivity contribution in [2.45, 2.75) is 11.8 Å². The van der Waals surface area contributed by atoms with E-state index in [9.17, 15) is 0 Å². The number of aromatic nitrogens is 1. The molecule has 22 heavy (non-hydrogen) atoms. The van der Waals surface area contributed by atoms with Crippen LogP contribution < -0.4 is 15.8 Å². The molecule has 114 valence electrons. The zero-order chi connectivity index (χ0) is 15.3. The number of morpholine rings is 1. The standard InChI is InChI=1S/C15H13BrClN3O2/c16-8-1-2-11-9(3-8)15(7-19-6-14(18)22-15)10-4-13(17)20-5-12(10)21-11/h1-5,14,19H,6-7,18H2/t14-,15?/m0/s1. The average molecular weight is 383 g/mol. The first-order chi connectivity index (χ1) is 10.6. The Morgan fingerprint density at radius 1 is 1.32 bits per heavy atom. The minimum Gasteiger partial charge on any atom is -0.455 e. The van der Waals surface area contributed by atoms with Gasteiger partial charge in [0.25, 0.3) is 0 Å². The lowest BCUT2D eigenvalue weighted by atomic mass is 9.82. The summed E-state index contributed by atoms with van der Waals surface area (Å²) >= 11 is 9.60. The minimum absolute atomic E-state index is 0.392. The second-order valence-corrected chi connectivity index (χ2v) is 6.66. The van der Waals surface area contributed by atoms with Crippen LogP contribution in [0.25, 0.3) is 0 Å². The largest absolute Gasteiger partial charge is 0.455 e. The molecule has 1 unspecified atom stereocenters. The van der Waals surface area contributed by atoms with Crippen LogP contribution in [0.15, 0.2) is 34.9 Å². The van der Waals surface area contributed by atoms with Gasteiger partial charge in [-0.3, -0.25) is 0 Å². The number of nitrogens with two attached hydrogens (primary N) is 1. The van der Waals surface area contributed by atoms with Crippen molar-refractivity contribution in [2.24, 2.45) is 5.73 Å². The Labute approximate surface area is 140 Å². The lowest BCUT2D eigenvalue weighted by Gasteiger charge is -2.44. The van der Waals surface area contributed by atoms with Crippen molar-refractivity contribution in [3.8, 4) is 11.5 Å². The van der Waals surface area contributed by atoms with E-state index < -0.39 is 11.8 Å². The van der Waals surface area contributed by atoms with Crippen molar-refractivity contribution < 1.29 is 9.47 Å². The van der Waals surface area contributed by atoms with Gasteiger partial charge in [-0.2, -0.15) is 0 Å². The molecule has 5 nitrogen and oxygen atoms in total. The van der Waals surface area contributed by atoms with Gasteiger partial charge in [-0.25, -0.2) is 4.98 Å². The molecule has 2 aromatic rings. The van der Waals surface area contributed by atoms with Crippen molar-refractivity contribution >= 4 is 27.5 Å². The molecule has 0 amide bonds. The third-order valence-electron chi connectivity index (χ3n) is 3.94. The highest BCUT2D eigenvalue weighted by molar-refractivity contribution is 9.10. The number of hydrogen-bond acceptors (Lipinski definition) is 5. The van der Waals surface area contributed by atoms with Crippen LogP contribution in [0.5, 0.6) is 11.5 Å². The molecule has 7 heteroatoms. The van der Waals surface area contributed by atoms with Crippen molar-refractivity contribution in [2.75, 3.05) is 13.1 Å². The summed E-state index contributed by atoms with van der Waals surface area (Å²) in [5, 5.41) is 3.72. The number of benzene rings is 1. The molecule has 2 aliphatic heterocycles. The fourth-order valence-electron chi connectivity index (χ4n) is 3.03. The molecule has 2 aliphatic rings. The van der Waals surface area contributed by atoms with Crippen LogP contribution in [-0.2, 0) is 10.3 Å². The highest BCUT2D eigenvalue weighted by Crippen LogP contribution is 2.50. The molecular formula is C15H13BrClN3O2. The molecule has 0 radical (unpaired) electrons. The van der Waals surface area contributed by atoms with Gasteiger partial charge in [-0.05, 0) is 24.3 Å². The Hall–Kier alpha value is -1.18. The van der Waals surface area contributed by atoms with Crippen LogP contribution in [0.4, 0.5) is 0 Å². The molecule has 0 bridgehead atoms. The smallest absolute Gasteiger partial charge is 0.152 e. The van der Waals surface area contributed by atoms with Gasteiger partial charge in [-0.1, -0.05) is 27.5 Å².